The molecule has 1 saturated carbocycles. The van der Waals surface area contributed by atoms with E-state index >= 15 is 0 Å². The molecule has 0 radical (unpaired) electrons. The van der Waals surface area contributed by atoms with E-state index in [1.54, 1.807) is 18.3 Å². The van der Waals surface area contributed by atoms with Crippen molar-refractivity contribution in [1.82, 2.24) is 15.2 Å². The largest absolute Gasteiger partial charge is 0.492 e. The number of carbonyl (C=O) groups is 1. The number of aromatic nitrogens is 1. The van der Waals surface area contributed by atoms with E-state index in [0.717, 1.165) is 59.0 Å². The van der Waals surface area contributed by atoms with E-state index in [2.05, 4.69) is 34.4 Å². The van der Waals surface area contributed by atoms with Crippen LogP contribution in [-0.4, -0.2) is 42.0 Å². The zero-order valence-electron chi connectivity index (χ0n) is 21.1. The van der Waals surface area contributed by atoms with E-state index in [1.165, 1.54) is 12.1 Å². The zero-order chi connectivity index (χ0) is 25.6. The number of hydrogen-bond acceptors (Lipinski definition) is 4. The highest BCUT2D eigenvalue weighted by atomic mass is 19.1. The molecule has 2 aliphatic rings. The van der Waals surface area contributed by atoms with Crippen LogP contribution < -0.4 is 10.1 Å². The van der Waals surface area contributed by atoms with Gasteiger partial charge < -0.3 is 10.1 Å². The number of ether oxygens (including phenoxy) is 1. The Morgan fingerprint density at radius 1 is 1.11 bits per heavy atom. The van der Waals surface area contributed by atoms with Crippen molar-refractivity contribution < 1.29 is 13.9 Å². The highest BCUT2D eigenvalue weighted by Gasteiger charge is 2.47. The number of carbonyl (C=O) groups excluding carboxylic acids is 1. The number of halogens is 1. The fraction of sp³-hybridized carbons (Fsp3) is 0.290. The number of fused-ring (bicyclic) bond motifs is 1. The molecule has 2 fully saturated rings. The maximum absolute atomic E-state index is 13.6. The molecule has 1 amide bonds. The number of rotatable bonds is 7. The van der Waals surface area contributed by atoms with E-state index < -0.39 is 5.54 Å². The molecule has 2 heterocycles. The number of pyridine rings is 1. The molecule has 1 aliphatic carbocycles. The van der Waals surface area contributed by atoms with Crippen molar-refractivity contribution in [3.8, 4) is 16.9 Å². The molecule has 1 saturated heterocycles. The first-order valence-electron chi connectivity index (χ1n) is 12.8. The molecule has 37 heavy (non-hydrogen) atoms. The number of likely N-dealkylation sites (tertiary alicyclic amines) is 1. The Morgan fingerprint density at radius 3 is 2.62 bits per heavy atom. The molecule has 3 aromatic carbocycles. The van der Waals surface area contributed by atoms with Crippen molar-refractivity contribution >= 4 is 16.8 Å². The van der Waals surface area contributed by atoms with Gasteiger partial charge in [0, 0.05) is 23.2 Å². The average Bonchev–Trinajstić information content (AvgIpc) is 3.68. The second kappa shape index (κ2) is 9.27. The first-order valence-corrected chi connectivity index (χ1v) is 12.8. The van der Waals surface area contributed by atoms with Crippen molar-refractivity contribution in [2.75, 3.05) is 20.2 Å². The van der Waals surface area contributed by atoms with Gasteiger partial charge in [0.1, 0.15) is 18.2 Å². The van der Waals surface area contributed by atoms with Crippen molar-refractivity contribution in [2.45, 2.75) is 37.8 Å². The predicted octanol–water partition coefficient (Wildman–Crippen LogP) is 5.85. The van der Waals surface area contributed by atoms with Crippen LogP contribution in [0, 0.1) is 12.7 Å². The van der Waals surface area contributed by atoms with E-state index in [4.69, 9.17) is 4.74 Å². The first-order chi connectivity index (χ1) is 17.9. The molecule has 1 atom stereocenters. The lowest BCUT2D eigenvalue weighted by Gasteiger charge is -2.37. The third kappa shape index (κ3) is 4.58. The molecule has 0 spiro atoms. The molecule has 5 nitrogen and oxygen atoms in total. The fourth-order valence-electron chi connectivity index (χ4n) is 5.17. The number of hydrogen-bond donors (Lipinski definition) is 1. The predicted molar refractivity (Wildman–Crippen MR) is 143 cm³/mol. The molecule has 0 bridgehead atoms. The van der Waals surface area contributed by atoms with Gasteiger partial charge in [0.2, 0.25) is 0 Å². The normalized spacial score (nSPS) is 18.3. The maximum atomic E-state index is 13.6. The van der Waals surface area contributed by atoms with E-state index in [1.807, 2.05) is 37.3 Å². The number of nitrogens with one attached hydrogen (secondary N) is 1. The van der Waals surface area contributed by atoms with Crippen LogP contribution in [0.4, 0.5) is 4.39 Å². The van der Waals surface area contributed by atoms with Crippen LogP contribution in [0.2, 0.25) is 0 Å². The Labute approximate surface area is 216 Å². The lowest BCUT2D eigenvalue weighted by molar-refractivity contribution is 0.0767. The molecule has 6 rings (SSSR count). The molecule has 1 N–H and O–H groups in total. The standard InChI is InChI=1S/C31H30FN3O2/c1-20-5-10-25(37-19-24-11-15-35(24)2)18-27(20)30(36)34-31(12-13-31)28-16-22(21-6-8-23(32)9-7-21)17-29-26(28)4-3-14-33-29/h3-10,14,16-18,24H,11-13,15,19H2,1-2H3,(H,34,36). The Balaban J connectivity index is 1.30. The fourth-order valence-corrected chi connectivity index (χ4v) is 5.17. The number of nitrogens with zero attached hydrogens (tertiary/aromatic N) is 2. The second-order valence-electron chi connectivity index (χ2n) is 10.3. The van der Waals surface area contributed by atoms with Crippen LogP contribution in [0.1, 0.15) is 40.7 Å². The van der Waals surface area contributed by atoms with Gasteiger partial charge >= 0.3 is 0 Å². The van der Waals surface area contributed by atoms with Gasteiger partial charge in [-0.1, -0.05) is 24.3 Å². The topological polar surface area (TPSA) is 54.5 Å². The monoisotopic (exact) mass is 495 g/mol. The van der Waals surface area contributed by atoms with Crippen molar-refractivity contribution in [2.24, 2.45) is 0 Å². The molecular weight excluding hydrogens is 465 g/mol. The van der Waals surface area contributed by atoms with Gasteiger partial charge in [-0.25, -0.2) is 4.39 Å². The highest BCUT2D eigenvalue weighted by molar-refractivity contribution is 5.98. The van der Waals surface area contributed by atoms with Crippen LogP contribution in [0.25, 0.3) is 22.0 Å². The van der Waals surface area contributed by atoms with Gasteiger partial charge in [0.15, 0.2) is 0 Å². The summed E-state index contributed by atoms with van der Waals surface area (Å²) in [5, 5.41) is 4.37. The summed E-state index contributed by atoms with van der Waals surface area (Å²) in [6.07, 6.45) is 4.60. The number of aryl methyl sites for hydroxylation is 1. The second-order valence-corrected chi connectivity index (χ2v) is 10.3. The van der Waals surface area contributed by atoms with Crippen LogP contribution in [0.5, 0.6) is 5.75 Å². The van der Waals surface area contributed by atoms with Gasteiger partial charge in [-0.05, 0) is 104 Å². The first kappa shape index (κ1) is 23.6. The van der Waals surface area contributed by atoms with Crippen LogP contribution in [0.3, 0.4) is 0 Å². The van der Waals surface area contributed by atoms with Crippen LogP contribution >= 0.6 is 0 Å². The molecule has 4 aromatic rings. The van der Waals surface area contributed by atoms with E-state index in [0.29, 0.717) is 24.0 Å². The third-order valence-corrected chi connectivity index (χ3v) is 7.85. The van der Waals surface area contributed by atoms with Crippen molar-refractivity contribution in [3.05, 3.63) is 95.4 Å². The van der Waals surface area contributed by atoms with Crippen LogP contribution in [0.15, 0.2) is 72.9 Å². The maximum Gasteiger partial charge on any atom is 0.252 e. The lowest BCUT2D eigenvalue weighted by Crippen LogP contribution is -2.48. The van der Waals surface area contributed by atoms with E-state index in [-0.39, 0.29) is 11.7 Å². The number of benzene rings is 3. The number of amides is 1. The molecule has 1 unspecified atom stereocenters. The Morgan fingerprint density at radius 2 is 1.92 bits per heavy atom. The summed E-state index contributed by atoms with van der Waals surface area (Å²) in [6.45, 7) is 3.68. The lowest BCUT2D eigenvalue weighted by atomic mass is 9.93. The summed E-state index contributed by atoms with van der Waals surface area (Å²) >= 11 is 0. The SMILES string of the molecule is Cc1ccc(OCC2CCN2C)cc1C(=O)NC1(c2cc(-c3ccc(F)cc3)cc3ncccc23)CC1. The summed E-state index contributed by atoms with van der Waals surface area (Å²) in [4.78, 5) is 20.5. The summed E-state index contributed by atoms with van der Waals surface area (Å²) in [5.74, 6) is 0.342. The van der Waals surface area contributed by atoms with Gasteiger partial charge in [0.05, 0.1) is 11.1 Å². The number of likely N-dealkylation sites (N-methyl/N-ethyl adjacent to an activating group) is 1. The summed E-state index contributed by atoms with van der Waals surface area (Å²) < 4.78 is 19.6. The molecule has 188 valence electrons. The Kier molecular flexibility index (Phi) is 5.92. The molecule has 1 aromatic heterocycles. The van der Waals surface area contributed by atoms with E-state index in [9.17, 15) is 9.18 Å². The van der Waals surface area contributed by atoms with Crippen molar-refractivity contribution in [1.29, 1.82) is 0 Å². The summed E-state index contributed by atoms with van der Waals surface area (Å²) in [6, 6.07) is 20.8. The van der Waals surface area contributed by atoms with Gasteiger partial charge in [-0.2, -0.15) is 0 Å². The third-order valence-electron chi connectivity index (χ3n) is 7.85. The summed E-state index contributed by atoms with van der Waals surface area (Å²) in [5.41, 5.74) is 4.84. The molecular formula is C31H30FN3O2. The molecule has 6 heteroatoms. The Hall–Kier alpha value is -3.77. The highest BCUT2D eigenvalue weighted by Crippen LogP contribution is 2.49. The van der Waals surface area contributed by atoms with Gasteiger partial charge in [0.25, 0.3) is 5.91 Å². The molecule has 1 aliphatic heterocycles. The smallest absolute Gasteiger partial charge is 0.252 e. The van der Waals surface area contributed by atoms with Gasteiger partial charge in [-0.15, -0.1) is 0 Å². The minimum absolute atomic E-state index is 0.106. The minimum atomic E-state index is -0.466. The summed E-state index contributed by atoms with van der Waals surface area (Å²) in [7, 11) is 2.10. The Bertz CT molecular complexity index is 1480. The minimum Gasteiger partial charge on any atom is -0.492 e. The van der Waals surface area contributed by atoms with Gasteiger partial charge in [-0.3, -0.25) is 14.7 Å². The van der Waals surface area contributed by atoms with Crippen molar-refractivity contribution in [3.63, 3.8) is 0 Å². The zero-order valence-corrected chi connectivity index (χ0v) is 21.1. The van der Waals surface area contributed by atoms with Crippen LogP contribution in [-0.2, 0) is 5.54 Å². The average molecular weight is 496 g/mol. The quantitative estimate of drug-likeness (QED) is 0.349.